The molecule has 0 atom stereocenters. The molecule has 4 nitrogen and oxygen atoms in total. The van der Waals surface area contributed by atoms with E-state index in [4.69, 9.17) is 0 Å². The predicted molar refractivity (Wildman–Crippen MR) is 94.0 cm³/mol. The molecule has 4 heteroatoms. The number of carbonyl (C=O) groups excluding carboxylic acids is 1. The van der Waals surface area contributed by atoms with Gasteiger partial charge in [-0.15, -0.1) is 0 Å². The maximum Gasteiger partial charge on any atom is 0.251 e. The maximum atomic E-state index is 12.6. The molecule has 0 aromatic heterocycles. The zero-order valence-corrected chi connectivity index (χ0v) is 14.4. The summed E-state index contributed by atoms with van der Waals surface area (Å²) in [5.74, 6) is 0.685. The lowest BCUT2D eigenvalue weighted by atomic mass is 9.88. The van der Waals surface area contributed by atoms with Crippen LogP contribution in [-0.2, 0) is 0 Å². The summed E-state index contributed by atoms with van der Waals surface area (Å²) >= 11 is 0. The van der Waals surface area contributed by atoms with Gasteiger partial charge in [0.1, 0.15) is 0 Å². The number of likely N-dealkylation sites (tertiary alicyclic amines) is 1. The van der Waals surface area contributed by atoms with E-state index in [1.165, 1.54) is 24.0 Å². The van der Waals surface area contributed by atoms with Crippen LogP contribution in [0.2, 0.25) is 0 Å². The van der Waals surface area contributed by atoms with Crippen molar-refractivity contribution in [1.82, 2.24) is 15.5 Å². The molecule has 0 spiro atoms. The minimum Gasteiger partial charge on any atom is -0.349 e. The van der Waals surface area contributed by atoms with Crippen molar-refractivity contribution in [2.24, 2.45) is 0 Å². The summed E-state index contributed by atoms with van der Waals surface area (Å²) < 4.78 is 0. The Morgan fingerprint density at radius 2 is 1.83 bits per heavy atom. The standard InChI is InChI=1S/C19H29N3O/c1-14-11-16(15-3-7-20-8-4-15)13-17(12-14)19(23)21-18-5-9-22(2)10-6-18/h11-13,15,18,20H,3-10H2,1-2H3,(H,21,23). The van der Waals surface area contributed by atoms with Crippen molar-refractivity contribution >= 4 is 5.91 Å². The van der Waals surface area contributed by atoms with Gasteiger partial charge in [-0.25, -0.2) is 0 Å². The number of carbonyl (C=O) groups is 1. The molecule has 1 amide bonds. The molecule has 2 heterocycles. The molecule has 23 heavy (non-hydrogen) atoms. The Kier molecular flexibility index (Phi) is 5.34. The highest BCUT2D eigenvalue weighted by atomic mass is 16.1. The third-order valence-corrected chi connectivity index (χ3v) is 5.23. The van der Waals surface area contributed by atoms with E-state index in [0.717, 1.165) is 44.6 Å². The van der Waals surface area contributed by atoms with E-state index in [2.05, 4.69) is 41.6 Å². The molecule has 126 valence electrons. The summed E-state index contributed by atoms with van der Waals surface area (Å²) in [6.45, 7) is 6.39. The first-order valence-corrected chi connectivity index (χ1v) is 8.93. The lowest BCUT2D eigenvalue weighted by molar-refractivity contribution is 0.0916. The van der Waals surface area contributed by atoms with Crippen LogP contribution in [0.5, 0.6) is 0 Å². The number of hydrogen-bond donors (Lipinski definition) is 2. The lowest BCUT2D eigenvalue weighted by Crippen LogP contribution is -2.43. The quantitative estimate of drug-likeness (QED) is 0.899. The third kappa shape index (κ3) is 4.33. The monoisotopic (exact) mass is 315 g/mol. The summed E-state index contributed by atoms with van der Waals surface area (Å²) in [6, 6.07) is 6.71. The molecule has 2 saturated heterocycles. The molecular weight excluding hydrogens is 286 g/mol. The van der Waals surface area contributed by atoms with Crippen LogP contribution in [-0.4, -0.2) is 50.1 Å². The molecule has 1 aromatic rings. The number of nitrogens with one attached hydrogen (secondary N) is 2. The van der Waals surface area contributed by atoms with Crippen LogP contribution in [0.3, 0.4) is 0 Å². The molecule has 2 aliphatic rings. The van der Waals surface area contributed by atoms with E-state index < -0.39 is 0 Å². The number of hydrogen-bond acceptors (Lipinski definition) is 3. The first-order chi connectivity index (χ1) is 11.1. The summed E-state index contributed by atoms with van der Waals surface area (Å²) in [6.07, 6.45) is 4.43. The molecule has 2 fully saturated rings. The average molecular weight is 315 g/mol. The fourth-order valence-electron chi connectivity index (χ4n) is 3.76. The van der Waals surface area contributed by atoms with Crippen LogP contribution in [0.25, 0.3) is 0 Å². The molecular formula is C19H29N3O. The Hall–Kier alpha value is -1.39. The highest BCUT2D eigenvalue weighted by molar-refractivity contribution is 5.94. The molecule has 0 bridgehead atoms. The fourth-order valence-corrected chi connectivity index (χ4v) is 3.76. The summed E-state index contributed by atoms with van der Waals surface area (Å²) in [5, 5.41) is 6.65. The SMILES string of the molecule is Cc1cc(C(=O)NC2CCN(C)CC2)cc(C2CCNCC2)c1. The second-order valence-electron chi connectivity index (χ2n) is 7.21. The molecule has 0 radical (unpaired) electrons. The van der Waals surface area contributed by atoms with Gasteiger partial charge in [0.05, 0.1) is 0 Å². The van der Waals surface area contributed by atoms with Gasteiger partial charge in [-0.3, -0.25) is 4.79 Å². The predicted octanol–water partition coefficient (Wildman–Crippen LogP) is 2.29. The van der Waals surface area contributed by atoms with Gasteiger partial charge in [0.15, 0.2) is 0 Å². The largest absolute Gasteiger partial charge is 0.349 e. The van der Waals surface area contributed by atoms with E-state index in [-0.39, 0.29) is 5.91 Å². The smallest absolute Gasteiger partial charge is 0.251 e. The minimum absolute atomic E-state index is 0.0958. The van der Waals surface area contributed by atoms with Crippen LogP contribution in [0.15, 0.2) is 18.2 Å². The average Bonchev–Trinajstić information content (AvgIpc) is 2.57. The van der Waals surface area contributed by atoms with Crippen molar-refractivity contribution in [1.29, 1.82) is 0 Å². The second-order valence-corrected chi connectivity index (χ2v) is 7.21. The topological polar surface area (TPSA) is 44.4 Å². The van der Waals surface area contributed by atoms with Crippen molar-refractivity contribution in [2.45, 2.75) is 44.6 Å². The Bertz CT molecular complexity index is 544. The van der Waals surface area contributed by atoms with Crippen LogP contribution < -0.4 is 10.6 Å². The van der Waals surface area contributed by atoms with Gasteiger partial charge in [-0.2, -0.15) is 0 Å². The van der Waals surface area contributed by atoms with Crippen molar-refractivity contribution in [3.05, 3.63) is 34.9 Å². The number of nitrogens with zero attached hydrogens (tertiary/aromatic N) is 1. The summed E-state index contributed by atoms with van der Waals surface area (Å²) in [7, 11) is 2.14. The highest BCUT2D eigenvalue weighted by Gasteiger charge is 2.21. The molecule has 3 rings (SSSR count). The van der Waals surface area contributed by atoms with Gasteiger partial charge in [0.2, 0.25) is 0 Å². The lowest BCUT2D eigenvalue weighted by Gasteiger charge is -2.29. The van der Waals surface area contributed by atoms with Crippen LogP contribution in [0, 0.1) is 6.92 Å². The Morgan fingerprint density at radius 1 is 1.13 bits per heavy atom. The molecule has 1 aromatic carbocycles. The van der Waals surface area contributed by atoms with Crippen molar-refractivity contribution < 1.29 is 4.79 Å². The Balaban J connectivity index is 1.68. The van der Waals surface area contributed by atoms with Crippen LogP contribution >= 0.6 is 0 Å². The van der Waals surface area contributed by atoms with Crippen LogP contribution in [0.1, 0.15) is 53.1 Å². The van der Waals surface area contributed by atoms with Gasteiger partial charge in [0.25, 0.3) is 5.91 Å². The Morgan fingerprint density at radius 3 is 2.52 bits per heavy atom. The van der Waals surface area contributed by atoms with Gasteiger partial charge in [-0.1, -0.05) is 11.6 Å². The first kappa shape index (κ1) is 16.5. The number of piperidine rings is 2. The Labute approximate surface area is 139 Å². The third-order valence-electron chi connectivity index (χ3n) is 5.23. The van der Waals surface area contributed by atoms with E-state index in [9.17, 15) is 4.79 Å². The fraction of sp³-hybridized carbons (Fsp3) is 0.632. The van der Waals surface area contributed by atoms with Crippen LogP contribution in [0.4, 0.5) is 0 Å². The maximum absolute atomic E-state index is 12.6. The summed E-state index contributed by atoms with van der Waals surface area (Å²) in [5.41, 5.74) is 3.35. The number of amides is 1. The second kappa shape index (κ2) is 7.45. The van der Waals surface area contributed by atoms with Crippen molar-refractivity contribution in [3.63, 3.8) is 0 Å². The molecule has 0 saturated carbocycles. The van der Waals surface area contributed by atoms with Crippen molar-refractivity contribution in [2.75, 3.05) is 33.2 Å². The molecule has 0 aliphatic carbocycles. The van der Waals surface area contributed by atoms with E-state index in [1.54, 1.807) is 0 Å². The normalized spacial score (nSPS) is 21.3. The minimum atomic E-state index is 0.0958. The van der Waals surface area contributed by atoms with Gasteiger partial charge < -0.3 is 15.5 Å². The zero-order valence-electron chi connectivity index (χ0n) is 14.4. The van der Waals surface area contributed by atoms with E-state index in [0.29, 0.717) is 12.0 Å². The van der Waals surface area contributed by atoms with E-state index in [1.807, 2.05) is 6.07 Å². The molecule has 2 aliphatic heterocycles. The van der Waals surface area contributed by atoms with E-state index >= 15 is 0 Å². The first-order valence-electron chi connectivity index (χ1n) is 8.93. The summed E-state index contributed by atoms with van der Waals surface area (Å²) in [4.78, 5) is 15.0. The van der Waals surface area contributed by atoms with Crippen molar-refractivity contribution in [3.8, 4) is 0 Å². The molecule has 0 unspecified atom stereocenters. The number of rotatable bonds is 3. The number of aryl methyl sites for hydroxylation is 1. The number of benzene rings is 1. The molecule has 2 N–H and O–H groups in total. The van der Waals surface area contributed by atoms with Gasteiger partial charge >= 0.3 is 0 Å². The highest BCUT2D eigenvalue weighted by Crippen LogP contribution is 2.27. The van der Waals surface area contributed by atoms with Gasteiger partial charge in [0, 0.05) is 11.6 Å². The van der Waals surface area contributed by atoms with Gasteiger partial charge in [-0.05, 0) is 89.4 Å². The zero-order chi connectivity index (χ0) is 16.2.